The van der Waals surface area contributed by atoms with Gasteiger partial charge in [0.15, 0.2) is 0 Å². The lowest BCUT2D eigenvalue weighted by molar-refractivity contribution is -0.139. The Morgan fingerprint density at radius 2 is 1.76 bits per heavy atom. The smallest absolute Gasteiger partial charge is 0.240 e. The summed E-state index contributed by atoms with van der Waals surface area (Å²) in [5, 5.41) is 3.20. The molecule has 0 fully saturated rings. The van der Waals surface area contributed by atoms with Crippen molar-refractivity contribution in [2.24, 2.45) is 0 Å². The molecule has 29 heavy (non-hydrogen) atoms. The van der Waals surface area contributed by atoms with Crippen LogP contribution in [0, 0.1) is 0 Å². The lowest BCUT2D eigenvalue weighted by atomic mass is 9.94. The largest absolute Gasteiger partial charge is 0.327 e. The molecule has 0 aliphatic carbocycles. The summed E-state index contributed by atoms with van der Waals surface area (Å²) in [6, 6.07) is 16.5. The minimum atomic E-state index is -0.549. The summed E-state index contributed by atoms with van der Waals surface area (Å²) >= 11 is 0. The first-order chi connectivity index (χ1) is 14.0. The van der Waals surface area contributed by atoms with E-state index in [4.69, 9.17) is 0 Å². The first kappa shape index (κ1) is 20.9. The highest BCUT2D eigenvalue weighted by Gasteiger charge is 2.32. The molecule has 2 aromatic carbocycles. The van der Waals surface area contributed by atoms with Crippen molar-refractivity contribution in [1.29, 1.82) is 0 Å². The van der Waals surface area contributed by atoms with Gasteiger partial charge in [-0.15, -0.1) is 0 Å². The van der Waals surface area contributed by atoms with E-state index < -0.39 is 18.1 Å². The van der Waals surface area contributed by atoms with Crippen LogP contribution in [-0.2, 0) is 33.8 Å². The fourth-order valence-electron chi connectivity index (χ4n) is 3.89. The minimum Gasteiger partial charge on any atom is -0.327 e. The van der Waals surface area contributed by atoms with E-state index in [0.29, 0.717) is 19.4 Å². The molecule has 152 valence electrons. The molecule has 0 radical (unpaired) electrons. The second-order valence-corrected chi connectivity index (χ2v) is 7.72. The normalized spacial score (nSPS) is 17.9. The third-order valence-corrected chi connectivity index (χ3v) is 5.61. The van der Waals surface area contributed by atoms with Crippen LogP contribution in [0.4, 0.5) is 0 Å². The Labute approximate surface area is 172 Å². The lowest BCUT2D eigenvalue weighted by Gasteiger charge is -2.36. The number of ketones is 1. The average molecular weight is 392 g/mol. The number of hydrogen-bond donors (Lipinski definition) is 1. The maximum Gasteiger partial charge on any atom is 0.240 e. The number of aryl methyl sites for hydroxylation is 1. The van der Waals surface area contributed by atoms with Crippen molar-refractivity contribution in [3.63, 3.8) is 0 Å². The second-order valence-electron chi connectivity index (χ2n) is 7.72. The molecule has 1 heterocycles. The van der Waals surface area contributed by atoms with E-state index in [1.54, 1.807) is 18.7 Å². The van der Waals surface area contributed by atoms with Gasteiger partial charge in [-0.25, -0.2) is 0 Å². The van der Waals surface area contributed by atoms with Gasteiger partial charge in [0, 0.05) is 13.0 Å². The Morgan fingerprint density at radius 3 is 2.41 bits per heavy atom. The Balaban J connectivity index is 1.66. The van der Waals surface area contributed by atoms with Gasteiger partial charge in [0.25, 0.3) is 0 Å². The van der Waals surface area contributed by atoms with Crippen LogP contribution in [0.5, 0.6) is 0 Å². The quantitative estimate of drug-likeness (QED) is 0.702. The van der Waals surface area contributed by atoms with Gasteiger partial charge in [0.2, 0.25) is 5.91 Å². The van der Waals surface area contributed by atoms with E-state index in [2.05, 4.69) is 5.32 Å². The molecule has 5 heteroatoms. The lowest BCUT2D eigenvalue weighted by Crippen LogP contribution is -2.54. The van der Waals surface area contributed by atoms with Crippen molar-refractivity contribution in [3.05, 3.63) is 71.3 Å². The Hall–Kier alpha value is -2.79. The van der Waals surface area contributed by atoms with Crippen LogP contribution < -0.4 is 5.32 Å². The van der Waals surface area contributed by atoms with E-state index >= 15 is 0 Å². The number of fused-ring (bicyclic) bond motifs is 1. The van der Waals surface area contributed by atoms with Gasteiger partial charge in [-0.1, -0.05) is 54.6 Å². The molecule has 1 N–H and O–H groups in total. The number of nitrogens with zero attached hydrogens (tertiary/aromatic N) is 1. The SMILES string of the molecule is CC(=O)[C@H](CCc1ccccc1)N[C@@H](C)C(=O)N1Cc2ccccc2C[C@H]1C=O. The van der Waals surface area contributed by atoms with Gasteiger partial charge in [0.05, 0.1) is 18.1 Å². The van der Waals surface area contributed by atoms with Crippen LogP contribution in [-0.4, -0.2) is 41.0 Å². The molecule has 3 atom stereocenters. The number of carbonyl (C=O) groups excluding carboxylic acids is 3. The monoisotopic (exact) mass is 392 g/mol. The molecule has 0 spiro atoms. The van der Waals surface area contributed by atoms with Crippen molar-refractivity contribution >= 4 is 18.0 Å². The summed E-state index contributed by atoms with van der Waals surface area (Å²) in [4.78, 5) is 38.5. The minimum absolute atomic E-state index is 0.0107. The zero-order valence-corrected chi connectivity index (χ0v) is 17.0. The van der Waals surface area contributed by atoms with Gasteiger partial charge >= 0.3 is 0 Å². The van der Waals surface area contributed by atoms with Crippen LogP contribution in [0.3, 0.4) is 0 Å². The van der Waals surface area contributed by atoms with Crippen molar-refractivity contribution in [1.82, 2.24) is 10.2 Å². The molecule has 0 aromatic heterocycles. The molecule has 0 saturated carbocycles. The summed E-state index contributed by atoms with van der Waals surface area (Å²) in [6.45, 7) is 3.73. The molecule has 3 rings (SSSR count). The van der Waals surface area contributed by atoms with E-state index in [9.17, 15) is 14.4 Å². The summed E-state index contributed by atoms with van der Waals surface area (Å²) in [5.41, 5.74) is 3.34. The number of benzene rings is 2. The van der Waals surface area contributed by atoms with Crippen molar-refractivity contribution in [3.8, 4) is 0 Å². The van der Waals surface area contributed by atoms with Crippen molar-refractivity contribution < 1.29 is 14.4 Å². The number of rotatable bonds is 8. The third-order valence-electron chi connectivity index (χ3n) is 5.61. The highest BCUT2D eigenvalue weighted by atomic mass is 16.2. The Kier molecular flexibility index (Phi) is 6.94. The van der Waals surface area contributed by atoms with Gasteiger partial charge in [-0.3, -0.25) is 14.9 Å². The molecule has 0 bridgehead atoms. The first-order valence-corrected chi connectivity index (χ1v) is 10.1. The van der Waals surface area contributed by atoms with E-state index in [-0.39, 0.29) is 11.7 Å². The van der Waals surface area contributed by atoms with Gasteiger partial charge in [-0.05, 0) is 43.4 Å². The third kappa shape index (κ3) is 5.18. The number of aldehydes is 1. The molecular weight excluding hydrogens is 364 g/mol. The van der Waals surface area contributed by atoms with Crippen LogP contribution >= 0.6 is 0 Å². The predicted molar refractivity (Wildman–Crippen MR) is 112 cm³/mol. The summed E-state index contributed by atoms with van der Waals surface area (Å²) < 4.78 is 0. The second kappa shape index (κ2) is 9.61. The highest BCUT2D eigenvalue weighted by molar-refractivity contribution is 5.87. The van der Waals surface area contributed by atoms with Crippen LogP contribution in [0.25, 0.3) is 0 Å². The van der Waals surface area contributed by atoms with Crippen molar-refractivity contribution in [2.45, 2.75) is 57.8 Å². The summed E-state index contributed by atoms with van der Waals surface area (Å²) in [6.07, 6.45) is 2.75. The number of nitrogens with one attached hydrogen (secondary N) is 1. The zero-order chi connectivity index (χ0) is 20.8. The molecule has 1 aliphatic rings. The molecule has 2 aromatic rings. The van der Waals surface area contributed by atoms with E-state index in [1.165, 1.54) is 0 Å². The van der Waals surface area contributed by atoms with Crippen molar-refractivity contribution in [2.75, 3.05) is 0 Å². The Morgan fingerprint density at radius 1 is 1.10 bits per heavy atom. The van der Waals surface area contributed by atoms with Crippen LogP contribution in [0.2, 0.25) is 0 Å². The maximum atomic E-state index is 13.1. The number of amides is 1. The average Bonchev–Trinajstić information content (AvgIpc) is 2.75. The van der Waals surface area contributed by atoms with Gasteiger partial charge < -0.3 is 9.69 Å². The Bertz CT molecular complexity index is 865. The molecule has 0 unspecified atom stereocenters. The predicted octanol–water partition coefficient (Wildman–Crippen LogP) is 2.71. The van der Waals surface area contributed by atoms with Gasteiger partial charge in [0.1, 0.15) is 12.1 Å². The number of hydrogen-bond acceptors (Lipinski definition) is 4. The summed E-state index contributed by atoms with van der Waals surface area (Å²) in [7, 11) is 0. The molecule has 0 saturated heterocycles. The fourth-order valence-corrected chi connectivity index (χ4v) is 3.89. The number of carbonyl (C=O) groups is 3. The topological polar surface area (TPSA) is 66.5 Å². The van der Waals surface area contributed by atoms with Crippen LogP contribution in [0.1, 0.15) is 37.0 Å². The van der Waals surface area contributed by atoms with E-state index in [1.807, 2.05) is 54.6 Å². The molecular formula is C24H28N2O3. The fraction of sp³-hybridized carbons (Fsp3) is 0.375. The molecule has 1 aliphatic heterocycles. The first-order valence-electron chi connectivity index (χ1n) is 10.1. The molecule has 5 nitrogen and oxygen atoms in total. The standard InChI is InChI=1S/C24H28N2O3/c1-17(25-23(18(2)28)13-12-19-8-4-3-5-9-19)24(29)26-15-21-11-7-6-10-20(21)14-22(26)16-27/h3-11,16-17,22-23,25H,12-15H2,1-2H3/t17-,22-,23-/m0/s1. The molecule has 1 amide bonds. The number of Topliss-reactive ketones (excluding diaryl/α,β-unsaturated/α-hetero) is 1. The summed E-state index contributed by atoms with van der Waals surface area (Å²) in [5.74, 6) is -0.140. The highest BCUT2D eigenvalue weighted by Crippen LogP contribution is 2.23. The van der Waals surface area contributed by atoms with Gasteiger partial charge in [-0.2, -0.15) is 0 Å². The zero-order valence-electron chi connectivity index (χ0n) is 17.0. The maximum absolute atomic E-state index is 13.1. The van der Waals surface area contributed by atoms with Crippen LogP contribution in [0.15, 0.2) is 54.6 Å². The van der Waals surface area contributed by atoms with E-state index in [0.717, 1.165) is 29.4 Å².